The molecule has 6 nitrogen and oxygen atoms in total. The van der Waals surface area contributed by atoms with E-state index in [1.54, 1.807) is 25.4 Å². The summed E-state index contributed by atoms with van der Waals surface area (Å²) in [7, 11) is 1.70. The van der Waals surface area contributed by atoms with Crippen LogP contribution in [0.15, 0.2) is 41.3 Å². The van der Waals surface area contributed by atoms with E-state index in [2.05, 4.69) is 15.3 Å². The number of pyridine rings is 1. The number of carbonyl (C=O) groups is 1. The lowest BCUT2D eigenvalue weighted by Gasteiger charge is -2.22. The minimum absolute atomic E-state index is 0. The van der Waals surface area contributed by atoms with Crippen molar-refractivity contribution in [1.29, 1.82) is 0 Å². The van der Waals surface area contributed by atoms with Gasteiger partial charge in [0.05, 0.1) is 0 Å². The first-order chi connectivity index (χ1) is 13.0. The number of Topliss-reactive ketones (excluding diaryl/α,β-unsaturated/α-hetero) is 1. The maximum absolute atomic E-state index is 12.9. The molecule has 1 saturated carbocycles. The van der Waals surface area contributed by atoms with Crippen LogP contribution in [0.2, 0.25) is 5.02 Å². The van der Waals surface area contributed by atoms with Gasteiger partial charge in [0.25, 0.3) is 5.56 Å². The molecule has 0 unspecified atom stereocenters. The van der Waals surface area contributed by atoms with E-state index < -0.39 is 0 Å². The van der Waals surface area contributed by atoms with Gasteiger partial charge < -0.3 is 5.32 Å². The summed E-state index contributed by atoms with van der Waals surface area (Å²) in [5.74, 6) is 0.782. The number of carbonyl (C=O) groups excluding carboxylic acids is 1. The largest absolute Gasteiger partial charge is 0.351 e. The summed E-state index contributed by atoms with van der Waals surface area (Å²) in [5, 5.41) is 4.57. The van der Waals surface area contributed by atoms with E-state index in [9.17, 15) is 9.59 Å². The fraction of sp³-hybridized carbons (Fsp3) is 0.300. The van der Waals surface area contributed by atoms with Crippen LogP contribution in [0.25, 0.3) is 22.2 Å². The van der Waals surface area contributed by atoms with Crippen LogP contribution in [0.5, 0.6) is 0 Å². The second-order valence-corrected chi connectivity index (χ2v) is 7.24. The zero-order valence-corrected chi connectivity index (χ0v) is 16.9. The molecular formula is C20H20Cl2N4O2. The van der Waals surface area contributed by atoms with Crippen molar-refractivity contribution in [3.8, 4) is 11.1 Å². The van der Waals surface area contributed by atoms with Crippen molar-refractivity contribution in [2.45, 2.75) is 31.7 Å². The number of hydrogen-bond acceptors (Lipinski definition) is 5. The molecule has 1 aliphatic rings. The Morgan fingerprint density at radius 1 is 1.14 bits per heavy atom. The number of halogens is 2. The predicted octanol–water partition coefficient (Wildman–Crippen LogP) is 3.99. The Labute approximate surface area is 173 Å². The zero-order chi connectivity index (χ0) is 19.0. The lowest BCUT2D eigenvalue weighted by atomic mass is 9.94. The first-order valence-electron chi connectivity index (χ1n) is 8.93. The standard InChI is InChI=1S/C20H19ClN4O2.ClH/c1-25-18-12(10-16(19(25)27)15-4-2-3-5-17(15)21)11-22-20(24-18)23-13-6-8-14(26)9-7-13;/h2-5,10-11,13H,6-9H2,1H3,(H,22,23,24);1H. The summed E-state index contributed by atoms with van der Waals surface area (Å²) in [4.78, 5) is 33.2. The Bertz CT molecular complexity index is 1090. The summed E-state index contributed by atoms with van der Waals surface area (Å²) in [6.45, 7) is 0. The highest BCUT2D eigenvalue weighted by atomic mass is 35.5. The topological polar surface area (TPSA) is 76.9 Å². The average molecular weight is 419 g/mol. The molecule has 146 valence electrons. The molecule has 1 fully saturated rings. The molecule has 28 heavy (non-hydrogen) atoms. The van der Waals surface area contributed by atoms with Crippen LogP contribution in [0, 0.1) is 0 Å². The molecule has 0 spiro atoms. The Hall–Kier alpha value is -2.44. The van der Waals surface area contributed by atoms with Crippen molar-refractivity contribution in [3.05, 3.63) is 51.9 Å². The SMILES string of the molecule is Cl.Cn1c(=O)c(-c2ccccc2Cl)cc2cnc(NC3CCC(=O)CC3)nc21. The molecule has 2 aromatic heterocycles. The molecule has 1 N–H and O–H groups in total. The quantitative estimate of drug-likeness (QED) is 0.695. The van der Waals surface area contributed by atoms with Crippen LogP contribution >= 0.6 is 24.0 Å². The number of nitrogens with one attached hydrogen (secondary N) is 1. The second kappa shape index (κ2) is 8.29. The minimum Gasteiger partial charge on any atom is -0.351 e. The van der Waals surface area contributed by atoms with Crippen LogP contribution in [0.3, 0.4) is 0 Å². The van der Waals surface area contributed by atoms with E-state index in [1.165, 1.54) is 4.57 Å². The molecular weight excluding hydrogens is 399 g/mol. The van der Waals surface area contributed by atoms with Crippen LogP contribution in [0.4, 0.5) is 5.95 Å². The Morgan fingerprint density at radius 2 is 1.86 bits per heavy atom. The summed E-state index contributed by atoms with van der Waals surface area (Å²) >= 11 is 6.26. The Balaban J connectivity index is 0.00000225. The molecule has 2 heterocycles. The van der Waals surface area contributed by atoms with Gasteiger partial charge in [-0.25, -0.2) is 4.98 Å². The van der Waals surface area contributed by atoms with Crippen LogP contribution in [0.1, 0.15) is 25.7 Å². The third-order valence-electron chi connectivity index (χ3n) is 4.99. The number of hydrogen-bond donors (Lipinski definition) is 1. The monoisotopic (exact) mass is 418 g/mol. The molecule has 1 aliphatic carbocycles. The molecule has 0 amide bonds. The maximum atomic E-state index is 12.9. The van der Waals surface area contributed by atoms with Gasteiger partial charge in [-0.15, -0.1) is 12.4 Å². The van der Waals surface area contributed by atoms with Gasteiger partial charge in [0.1, 0.15) is 11.4 Å². The first kappa shape index (κ1) is 20.3. The van der Waals surface area contributed by atoms with Gasteiger partial charge in [0.2, 0.25) is 5.95 Å². The predicted molar refractivity (Wildman–Crippen MR) is 113 cm³/mol. The number of aryl methyl sites for hydroxylation is 1. The van der Waals surface area contributed by atoms with Crippen molar-refractivity contribution in [3.63, 3.8) is 0 Å². The summed E-state index contributed by atoms with van der Waals surface area (Å²) in [6.07, 6.45) is 4.45. The number of anilines is 1. The molecule has 0 aliphatic heterocycles. The van der Waals surface area contributed by atoms with Gasteiger partial charge in [-0.3, -0.25) is 14.2 Å². The molecule has 8 heteroatoms. The summed E-state index contributed by atoms with van der Waals surface area (Å²) < 4.78 is 1.52. The number of fused-ring (bicyclic) bond motifs is 1. The van der Waals surface area contributed by atoms with E-state index in [-0.39, 0.29) is 24.0 Å². The number of nitrogens with zero attached hydrogens (tertiary/aromatic N) is 3. The Kier molecular flexibility index (Phi) is 6.01. The highest BCUT2D eigenvalue weighted by Crippen LogP contribution is 2.27. The van der Waals surface area contributed by atoms with E-state index >= 15 is 0 Å². The van der Waals surface area contributed by atoms with E-state index in [4.69, 9.17) is 11.6 Å². The summed E-state index contributed by atoms with van der Waals surface area (Å²) in [5.41, 5.74) is 1.60. The minimum atomic E-state index is -0.163. The number of rotatable bonds is 3. The van der Waals surface area contributed by atoms with E-state index in [0.29, 0.717) is 46.4 Å². The van der Waals surface area contributed by atoms with Crippen molar-refractivity contribution in [2.24, 2.45) is 7.05 Å². The normalized spacial score (nSPS) is 14.7. The van der Waals surface area contributed by atoms with Gasteiger partial charge in [-0.05, 0) is 25.0 Å². The van der Waals surface area contributed by atoms with Crippen LogP contribution in [-0.2, 0) is 11.8 Å². The van der Waals surface area contributed by atoms with Crippen molar-refractivity contribution in [1.82, 2.24) is 14.5 Å². The smallest absolute Gasteiger partial charge is 0.259 e. The van der Waals surface area contributed by atoms with Gasteiger partial charge in [-0.2, -0.15) is 4.98 Å². The number of benzene rings is 1. The molecule has 0 atom stereocenters. The summed E-state index contributed by atoms with van der Waals surface area (Å²) in [6, 6.07) is 9.23. The van der Waals surface area contributed by atoms with Crippen LogP contribution < -0.4 is 10.9 Å². The van der Waals surface area contributed by atoms with Crippen molar-refractivity contribution < 1.29 is 4.79 Å². The molecule has 0 bridgehead atoms. The van der Waals surface area contributed by atoms with Gasteiger partial charge >= 0.3 is 0 Å². The molecule has 3 aromatic rings. The fourth-order valence-corrected chi connectivity index (χ4v) is 3.69. The van der Waals surface area contributed by atoms with Crippen LogP contribution in [-0.4, -0.2) is 26.4 Å². The molecule has 0 saturated heterocycles. The highest BCUT2D eigenvalue weighted by Gasteiger charge is 2.20. The van der Waals surface area contributed by atoms with Crippen molar-refractivity contribution >= 4 is 46.8 Å². The average Bonchev–Trinajstić information content (AvgIpc) is 2.67. The van der Waals surface area contributed by atoms with E-state index in [1.807, 2.05) is 18.2 Å². The highest BCUT2D eigenvalue weighted by molar-refractivity contribution is 6.33. The maximum Gasteiger partial charge on any atom is 0.259 e. The van der Waals surface area contributed by atoms with Gasteiger partial charge in [0, 0.05) is 53.7 Å². The molecule has 0 radical (unpaired) electrons. The zero-order valence-electron chi connectivity index (χ0n) is 15.3. The first-order valence-corrected chi connectivity index (χ1v) is 9.30. The third-order valence-corrected chi connectivity index (χ3v) is 5.32. The Morgan fingerprint density at radius 3 is 2.57 bits per heavy atom. The van der Waals surface area contributed by atoms with Crippen molar-refractivity contribution in [2.75, 3.05) is 5.32 Å². The lowest BCUT2D eigenvalue weighted by molar-refractivity contribution is -0.120. The number of aromatic nitrogens is 3. The second-order valence-electron chi connectivity index (χ2n) is 6.83. The van der Waals surface area contributed by atoms with Gasteiger partial charge in [-0.1, -0.05) is 29.8 Å². The van der Waals surface area contributed by atoms with Gasteiger partial charge in [0.15, 0.2) is 0 Å². The molecule has 1 aromatic carbocycles. The number of ketones is 1. The third kappa shape index (κ3) is 3.88. The molecule has 4 rings (SSSR count). The lowest BCUT2D eigenvalue weighted by Crippen LogP contribution is -2.27. The fourth-order valence-electron chi connectivity index (χ4n) is 3.46. The van der Waals surface area contributed by atoms with E-state index in [0.717, 1.165) is 18.2 Å².